The van der Waals surface area contributed by atoms with Crippen molar-refractivity contribution < 1.29 is 19.4 Å². The maximum Gasteiger partial charge on any atom is 0.411 e. The fraction of sp³-hybridized carbons (Fsp3) is 0.429. The number of nitrogens with zero attached hydrogens (tertiary/aromatic N) is 1. The summed E-state index contributed by atoms with van der Waals surface area (Å²) in [6.45, 7) is 5.10. The molecule has 0 spiro atoms. The van der Waals surface area contributed by atoms with Crippen LogP contribution in [0.4, 0.5) is 4.79 Å². The SMILES string of the molecule is CC(C)N(C(=O)OCc1ccccc1)C(C)C(=O)O. The van der Waals surface area contributed by atoms with Gasteiger partial charge < -0.3 is 9.84 Å². The fourth-order valence-corrected chi connectivity index (χ4v) is 1.73. The van der Waals surface area contributed by atoms with E-state index in [4.69, 9.17) is 9.84 Å². The van der Waals surface area contributed by atoms with Gasteiger partial charge in [-0.25, -0.2) is 9.59 Å². The van der Waals surface area contributed by atoms with Crippen molar-refractivity contribution in [2.45, 2.75) is 39.5 Å². The summed E-state index contributed by atoms with van der Waals surface area (Å²) in [7, 11) is 0. The Kier molecular flexibility index (Phi) is 5.36. The van der Waals surface area contributed by atoms with E-state index in [9.17, 15) is 9.59 Å². The Hall–Kier alpha value is -2.04. The molecule has 19 heavy (non-hydrogen) atoms. The van der Waals surface area contributed by atoms with Crippen LogP contribution in [0.1, 0.15) is 26.3 Å². The van der Waals surface area contributed by atoms with Crippen LogP contribution in [0, 0.1) is 0 Å². The maximum absolute atomic E-state index is 11.9. The molecule has 0 heterocycles. The lowest BCUT2D eigenvalue weighted by molar-refractivity contribution is -0.142. The molecule has 0 saturated carbocycles. The molecule has 0 aliphatic rings. The van der Waals surface area contributed by atoms with E-state index in [1.54, 1.807) is 13.8 Å². The number of hydrogen-bond acceptors (Lipinski definition) is 3. The molecule has 5 heteroatoms. The first-order chi connectivity index (χ1) is 8.93. The highest BCUT2D eigenvalue weighted by molar-refractivity contribution is 5.79. The van der Waals surface area contributed by atoms with E-state index in [2.05, 4.69) is 0 Å². The highest BCUT2D eigenvalue weighted by Crippen LogP contribution is 2.10. The Bertz CT molecular complexity index is 430. The number of carboxylic acid groups (broad SMARTS) is 1. The van der Waals surface area contributed by atoms with Gasteiger partial charge in [0.2, 0.25) is 0 Å². The summed E-state index contributed by atoms with van der Waals surface area (Å²) in [6, 6.07) is 8.10. The average Bonchev–Trinajstić information content (AvgIpc) is 2.37. The number of carboxylic acids is 1. The molecule has 1 atom stereocenters. The van der Waals surface area contributed by atoms with Crippen LogP contribution >= 0.6 is 0 Å². The number of amides is 1. The van der Waals surface area contributed by atoms with Crippen molar-refractivity contribution in [3.8, 4) is 0 Å². The Morgan fingerprint density at radius 2 is 1.79 bits per heavy atom. The van der Waals surface area contributed by atoms with Gasteiger partial charge in [-0.1, -0.05) is 30.3 Å². The van der Waals surface area contributed by atoms with Crippen molar-refractivity contribution in [2.24, 2.45) is 0 Å². The number of benzene rings is 1. The van der Waals surface area contributed by atoms with Gasteiger partial charge >= 0.3 is 12.1 Å². The average molecular weight is 265 g/mol. The summed E-state index contributed by atoms with van der Waals surface area (Å²) in [5, 5.41) is 8.99. The monoisotopic (exact) mass is 265 g/mol. The zero-order valence-electron chi connectivity index (χ0n) is 11.4. The van der Waals surface area contributed by atoms with Crippen molar-refractivity contribution >= 4 is 12.1 Å². The molecule has 1 aromatic rings. The third kappa shape index (κ3) is 4.28. The normalized spacial score (nSPS) is 12.0. The van der Waals surface area contributed by atoms with Crippen LogP contribution in [0.3, 0.4) is 0 Å². The van der Waals surface area contributed by atoms with Crippen molar-refractivity contribution in [3.63, 3.8) is 0 Å². The van der Waals surface area contributed by atoms with E-state index in [1.807, 2.05) is 30.3 Å². The van der Waals surface area contributed by atoms with Crippen molar-refractivity contribution in [1.29, 1.82) is 0 Å². The second kappa shape index (κ2) is 6.78. The van der Waals surface area contributed by atoms with Gasteiger partial charge in [-0.2, -0.15) is 0 Å². The molecule has 0 aliphatic heterocycles. The van der Waals surface area contributed by atoms with Crippen LogP contribution in [0.25, 0.3) is 0 Å². The quantitative estimate of drug-likeness (QED) is 0.888. The molecule has 0 radical (unpaired) electrons. The van der Waals surface area contributed by atoms with Gasteiger partial charge in [-0.3, -0.25) is 4.90 Å². The first-order valence-corrected chi connectivity index (χ1v) is 6.15. The lowest BCUT2D eigenvalue weighted by Crippen LogP contribution is -2.47. The van der Waals surface area contributed by atoms with Crippen LogP contribution in [0.15, 0.2) is 30.3 Å². The molecule has 0 aromatic heterocycles. The molecule has 1 N–H and O–H groups in total. The topological polar surface area (TPSA) is 66.8 Å². The molecule has 0 fully saturated rings. The summed E-state index contributed by atoms with van der Waals surface area (Å²) in [5.74, 6) is -1.05. The number of carbonyl (C=O) groups excluding carboxylic acids is 1. The van der Waals surface area contributed by atoms with Gasteiger partial charge in [-0.05, 0) is 26.3 Å². The standard InChI is InChI=1S/C14H19NO4/c1-10(2)15(11(3)13(16)17)14(18)19-9-12-7-5-4-6-8-12/h4-8,10-11H,9H2,1-3H3,(H,16,17). The Morgan fingerprint density at radius 1 is 1.21 bits per heavy atom. The highest BCUT2D eigenvalue weighted by Gasteiger charge is 2.29. The molecule has 0 aliphatic carbocycles. The predicted octanol–water partition coefficient (Wildman–Crippen LogP) is 2.51. The number of rotatable bonds is 5. The minimum absolute atomic E-state index is 0.134. The molecule has 0 saturated heterocycles. The third-order valence-corrected chi connectivity index (χ3v) is 2.75. The molecule has 1 aromatic carbocycles. The highest BCUT2D eigenvalue weighted by atomic mass is 16.6. The zero-order valence-corrected chi connectivity index (χ0v) is 11.4. The van der Waals surface area contributed by atoms with E-state index in [0.29, 0.717) is 0 Å². The Labute approximate surface area is 112 Å². The third-order valence-electron chi connectivity index (χ3n) is 2.75. The van der Waals surface area contributed by atoms with Crippen molar-refractivity contribution in [1.82, 2.24) is 4.90 Å². The van der Waals surface area contributed by atoms with Crippen LogP contribution < -0.4 is 0 Å². The van der Waals surface area contributed by atoms with Gasteiger partial charge in [0.1, 0.15) is 12.6 Å². The van der Waals surface area contributed by atoms with Gasteiger partial charge in [-0.15, -0.1) is 0 Å². The Balaban J connectivity index is 2.65. The molecule has 0 bridgehead atoms. The summed E-state index contributed by atoms with van der Waals surface area (Å²) in [4.78, 5) is 24.1. The van der Waals surface area contributed by atoms with Crippen LogP contribution in [-0.4, -0.2) is 34.2 Å². The second-order valence-electron chi connectivity index (χ2n) is 4.56. The fourth-order valence-electron chi connectivity index (χ4n) is 1.73. The predicted molar refractivity (Wildman–Crippen MR) is 70.7 cm³/mol. The van der Waals surface area contributed by atoms with Crippen molar-refractivity contribution in [3.05, 3.63) is 35.9 Å². The molecular weight excluding hydrogens is 246 g/mol. The zero-order chi connectivity index (χ0) is 14.4. The summed E-state index contributed by atoms with van der Waals surface area (Å²) < 4.78 is 5.15. The summed E-state index contributed by atoms with van der Waals surface area (Å²) in [6.07, 6.45) is -0.617. The largest absolute Gasteiger partial charge is 0.480 e. The van der Waals surface area contributed by atoms with E-state index in [-0.39, 0.29) is 12.6 Å². The number of ether oxygens (including phenoxy) is 1. The van der Waals surface area contributed by atoms with E-state index >= 15 is 0 Å². The van der Waals surface area contributed by atoms with Crippen LogP contribution in [0.2, 0.25) is 0 Å². The van der Waals surface area contributed by atoms with Gasteiger partial charge in [0.25, 0.3) is 0 Å². The summed E-state index contributed by atoms with van der Waals surface area (Å²) in [5.41, 5.74) is 0.863. The van der Waals surface area contributed by atoms with Gasteiger partial charge in [0, 0.05) is 6.04 Å². The molecule has 104 valence electrons. The van der Waals surface area contributed by atoms with E-state index in [1.165, 1.54) is 11.8 Å². The maximum atomic E-state index is 11.9. The smallest absolute Gasteiger partial charge is 0.411 e. The molecular formula is C14H19NO4. The molecule has 1 rings (SSSR count). The lowest BCUT2D eigenvalue weighted by Gasteiger charge is -2.29. The molecule has 1 unspecified atom stereocenters. The van der Waals surface area contributed by atoms with E-state index in [0.717, 1.165) is 5.56 Å². The van der Waals surface area contributed by atoms with Crippen molar-refractivity contribution in [2.75, 3.05) is 0 Å². The lowest BCUT2D eigenvalue weighted by atomic mass is 10.2. The molecule has 1 amide bonds. The van der Waals surface area contributed by atoms with Gasteiger partial charge in [0.05, 0.1) is 0 Å². The first kappa shape index (κ1) is 15.0. The minimum atomic E-state index is -1.05. The van der Waals surface area contributed by atoms with Gasteiger partial charge in [0.15, 0.2) is 0 Å². The molecule has 5 nitrogen and oxygen atoms in total. The number of carbonyl (C=O) groups is 2. The van der Waals surface area contributed by atoms with E-state index < -0.39 is 18.1 Å². The number of aliphatic carboxylic acids is 1. The second-order valence-corrected chi connectivity index (χ2v) is 4.56. The minimum Gasteiger partial charge on any atom is -0.480 e. The summed E-state index contributed by atoms with van der Waals surface area (Å²) >= 11 is 0. The Morgan fingerprint density at radius 3 is 2.26 bits per heavy atom. The van der Waals surface area contributed by atoms with Crippen LogP contribution in [-0.2, 0) is 16.1 Å². The number of hydrogen-bond donors (Lipinski definition) is 1. The first-order valence-electron chi connectivity index (χ1n) is 6.15. The van der Waals surface area contributed by atoms with Crippen LogP contribution in [0.5, 0.6) is 0 Å².